The number of carbonyl (C=O) groups excluding carboxylic acids is 2. The van der Waals surface area contributed by atoms with Crippen LogP contribution in [-0.4, -0.2) is 29.5 Å². The molecule has 0 aromatic rings. The molecule has 78 valence electrons. The van der Waals surface area contributed by atoms with Crippen LogP contribution in [0.25, 0.3) is 0 Å². The first-order valence-electron chi connectivity index (χ1n) is 3.49. The predicted octanol–water partition coefficient (Wildman–Crippen LogP) is 0.577. The maximum atomic E-state index is 10.9. The largest absolute Gasteiger partial charge is 0.468 e. The monoisotopic (exact) mass is 227 g/mol. The highest BCUT2D eigenvalue weighted by Crippen LogP contribution is 2.14. The predicted molar refractivity (Wildman–Crippen MR) is 55.0 cm³/mol. The lowest BCUT2D eigenvalue weighted by atomic mass is 10.2. The highest BCUT2D eigenvalue weighted by atomic mass is 35.5. The summed E-state index contributed by atoms with van der Waals surface area (Å²) in [6.07, 6.45) is 0. The molecule has 0 saturated carbocycles. The van der Waals surface area contributed by atoms with Crippen molar-refractivity contribution in [3.8, 4) is 0 Å². The van der Waals surface area contributed by atoms with Gasteiger partial charge in [0.1, 0.15) is 6.04 Å². The van der Waals surface area contributed by atoms with Gasteiger partial charge >= 0.3 is 5.97 Å². The molecule has 13 heavy (non-hydrogen) atoms. The molecule has 0 amide bonds. The Labute approximate surface area is 88.0 Å². The van der Waals surface area contributed by atoms with Crippen LogP contribution in [0, 0.1) is 0 Å². The Hall–Kier alpha value is -0.260. The summed E-state index contributed by atoms with van der Waals surface area (Å²) in [6.45, 7) is 3.15. The Balaban J connectivity index is 0. The SMILES string of the molecule is COC(=O)[C@@H](N)[C@@H](C)SC(C)=O.Cl. The molecule has 0 aromatic carbocycles. The molecule has 0 aliphatic rings. The summed E-state index contributed by atoms with van der Waals surface area (Å²) in [5.41, 5.74) is 5.47. The Morgan fingerprint density at radius 3 is 2.23 bits per heavy atom. The molecule has 0 heterocycles. The zero-order valence-electron chi connectivity index (χ0n) is 7.77. The third-order valence-corrected chi connectivity index (χ3v) is 2.33. The number of methoxy groups -OCH3 is 1. The summed E-state index contributed by atoms with van der Waals surface area (Å²) in [5, 5.41) is -0.295. The topological polar surface area (TPSA) is 69.4 Å². The summed E-state index contributed by atoms with van der Waals surface area (Å²) in [5.74, 6) is -0.490. The van der Waals surface area contributed by atoms with Gasteiger partial charge in [-0.05, 0) is 0 Å². The van der Waals surface area contributed by atoms with E-state index in [4.69, 9.17) is 5.73 Å². The molecule has 2 atom stereocenters. The van der Waals surface area contributed by atoms with Gasteiger partial charge in [-0.3, -0.25) is 9.59 Å². The van der Waals surface area contributed by atoms with Gasteiger partial charge in [0, 0.05) is 12.2 Å². The number of halogens is 1. The Morgan fingerprint density at radius 1 is 1.46 bits per heavy atom. The van der Waals surface area contributed by atoms with Crippen molar-refractivity contribution in [1.82, 2.24) is 0 Å². The van der Waals surface area contributed by atoms with Gasteiger partial charge in [0.25, 0.3) is 0 Å². The standard InChI is InChI=1S/C7H13NO3S.ClH/c1-4(12-5(2)9)6(8)7(10)11-3;/h4,6H,8H2,1-3H3;1H/t4-,6+;/m1./s1. The van der Waals surface area contributed by atoms with Crippen LogP contribution < -0.4 is 5.73 Å². The van der Waals surface area contributed by atoms with Crippen LogP contribution in [0.4, 0.5) is 0 Å². The number of nitrogens with two attached hydrogens (primary N) is 1. The minimum atomic E-state index is -0.733. The van der Waals surface area contributed by atoms with E-state index in [2.05, 4.69) is 4.74 Å². The van der Waals surface area contributed by atoms with Gasteiger partial charge in [0.05, 0.1) is 7.11 Å². The van der Waals surface area contributed by atoms with E-state index >= 15 is 0 Å². The molecular formula is C7H14ClNO3S. The fraction of sp³-hybridized carbons (Fsp3) is 0.714. The van der Waals surface area contributed by atoms with E-state index in [1.165, 1.54) is 14.0 Å². The van der Waals surface area contributed by atoms with E-state index < -0.39 is 12.0 Å². The van der Waals surface area contributed by atoms with Crippen LogP contribution in [0.3, 0.4) is 0 Å². The van der Waals surface area contributed by atoms with Gasteiger partial charge in [-0.1, -0.05) is 18.7 Å². The number of thioether (sulfide) groups is 1. The second-order valence-corrected chi connectivity index (χ2v) is 3.92. The summed E-state index contributed by atoms with van der Waals surface area (Å²) in [4.78, 5) is 21.5. The van der Waals surface area contributed by atoms with Gasteiger partial charge in [0.15, 0.2) is 5.12 Å². The fourth-order valence-electron chi connectivity index (χ4n) is 0.663. The minimum Gasteiger partial charge on any atom is -0.468 e. The Bertz CT molecular complexity index is 189. The molecule has 0 aliphatic heterocycles. The Kier molecular flexibility index (Phi) is 8.40. The van der Waals surface area contributed by atoms with Gasteiger partial charge in [-0.25, -0.2) is 0 Å². The first-order chi connectivity index (χ1) is 5.49. The zero-order valence-corrected chi connectivity index (χ0v) is 9.41. The third-order valence-electron chi connectivity index (χ3n) is 1.33. The third kappa shape index (κ3) is 5.90. The van der Waals surface area contributed by atoms with E-state index in [1.807, 2.05) is 0 Å². The molecule has 2 N–H and O–H groups in total. The lowest BCUT2D eigenvalue weighted by Crippen LogP contribution is -2.39. The lowest BCUT2D eigenvalue weighted by Gasteiger charge is -2.14. The average Bonchev–Trinajstić information content (AvgIpc) is 2.00. The van der Waals surface area contributed by atoms with Crippen LogP contribution in [-0.2, 0) is 14.3 Å². The second kappa shape index (κ2) is 7.17. The molecule has 0 spiro atoms. The maximum absolute atomic E-state index is 10.9. The second-order valence-electron chi connectivity index (χ2n) is 2.36. The molecular weight excluding hydrogens is 214 g/mol. The van der Waals surface area contributed by atoms with Crippen LogP contribution in [0.5, 0.6) is 0 Å². The summed E-state index contributed by atoms with van der Waals surface area (Å²) in [6, 6.07) is -0.733. The molecule has 0 aliphatic carbocycles. The molecule has 4 nitrogen and oxygen atoms in total. The number of hydrogen-bond acceptors (Lipinski definition) is 5. The molecule has 0 rings (SSSR count). The van der Waals surface area contributed by atoms with Gasteiger partial charge in [-0.15, -0.1) is 12.4 Å². The summed E-state index contributed by atoms with van der Waals surface area (Å²) < 4.78 is 4.43. The van der Waals surface area contributed by atoms with Gasteiger partial charge in [-0.2, -0.15) is 0 Å². The number of hydrogen-bond donors (Lipinski definition) is 1. The normalized spacial score (nSPS) is 13.8. The van der Waals surface area contributed by atoms with Crippen molar-refractivity contribution in [2.45, 2.75) is 25.1 Å². The lowest BCUT2D eigenvalue weighted by molar-refractivity contribution is -0.142. The molecule has 0 unspecified atom stereocenters. The molecule has 0 fully saturated rings. The highest BCUT2D eigenvalue weighted by molar-refractivity contribution is 8.14. The van der Waals surface area contributed by atoms with E-state index in [1.54, 1.807) is 6.92 Å². The fourth-order valence-corrected chi connectivity index (χ4v) is 1.44. The van der Waals surface area contributed by atoms with Crippen molar-refractivity contribution in [3.63, 3.8) is 0 Å². The van der Waals surface area contributed by atoms with Crippen molar-refractivity contribution < 1.29 is 14.3 Å². The van der Waals surface area contributed by atoms with Crippen LogP contribution in [0.1, 0.15) is 13.8 Å². The zero-order chi connectivity index (χ0) is 9.72. The number of esters is 1. The van der Waals surface area contributed by atoms with Crippen molar-refractivity contribution in [1.29, 1.82) is 0 Å². The highest BCUT2D eigenvalue weighted by Gasteiger charge is 2.22. The van der Waals surface area contributed by atoms with Gasteiger partial charge < -0.3 is 10.5 Å². The number of carbonyl (C=O) groups is 2. The van der Waals surface area contributed by atoms with Crippen LogP contribution in [0.15, 0.2) is 0 Å². The smallest absolute Gasteiger partial charge is 0.323 e. The first kappa shape index (κ1) is 15.2. The molecule has 0 radical (unpaired) electrons. The van der Waals surface area contributed by atoms with Crippen molar-refractivity contribution in [3.05, 3.63) is 0 Å². The van der Waals surface area contributed by atoms with Crippen molar-refractivity contribution in [2.75, 3.05) is 7.11 Å². The molecule has 6 heteroatoms. The van der Waals surface area contributed by atoms with Crippen molar-refractivity contribution >= 4 is 35.3 Å². The minimum absolute atomic E-state index is 0. The van der Waals surface area contributed by atoms with E-state index in [0.717, 1.165) is 11.8 Å². The van der Waals surface area contributed by atoms with Gasteiger partial charge in [0.2, 0.25) is 0 Å². The van der Waals surface area contributed by atoms with Crippen LogP contribution in [0.2, 0.25) is 0 Å². The summed E-state index contributed by atoms with van der Waals surface area (Å²) in [7, 11) is 1.27. The maximum Gasteiger partial charge on any atom is 0.323 e. The van der Waals surface area contributed by atoms with Crippen molar-refractivity contribution in [2.24, 2.45) is 5.73 Å². The Morgan fingerprint density at radius 2 is 1.92 bits per heavy atom. The van der Waals surface area contributed by atoms with E-state index in [9.17, 15) is 9.59 Å². The first-order valence-corrected chi connectivity index (χ1v) is 4.37. The van der Waals surface area contributed by atoms with Crippen LogP contribution >= 0.6 is 24.2 Å². The molecule has 0 saturated heterocycles. The molecule has 0 bridgehead atoms. The molecule has 0 aromatic heterocycles. The number of ether oxygens (including phenoxy) is 1. The van der Waals surface area contributed by atoms with E-state index in [0.29, 0.717) is 0 Å². The quantitative estimate of drug-likeness (QED) is 0.715. The van der Waals surface area contributed by atoms with E-state index in [-0.39, 0.29) is 22.8 Å². The average molecular weight is 228 g/mol. The number of rotatable bonds is 3. The summed E-state index contributed by atoms with van der Waals surface area (Å²) >= 11 is 1.04.